The minimum absolute atomic E-state index is 0.0899. The maximum atomic E-state index is 13.3. The number of likely N-dealkylation sites (N-methyl/N-ethyl adjacent to an activating group) is 1. The van der Waals surface area contributed by atoms with Crippen molar-refractivity contribution >= 4 is 26.0 Å². The number of amides is 1. The Morgan fingerprint density at radius 1 is 1.03 bits per heavy atom. The molecule has 1 aromatic carbocycles. The van der Waals surface area contributed by atoms with Gasteiger partial charge in [0.2, 0.25) is 0 Å². The highest BCUT2D eigenvalue weighted by atomic mass is 28.4. The van der Waals surface area contributed by atoms with Gasteiger partial charge < -0.3 is 18.8 Å². The van der Waals surface area contributed by atoms with Crippen LogP contribution in [0, 0.1) is 0 Å². The zero-order valence-electron chi connectivity index (χ0n) is 25.1. The van der Waals surface area contributed by atoms with E-state index in [4.69, 9.17) is 13.9 Å². The molecular weight excluding hydrogens is 496 g/mol. The van der Waals surface area contributed by atoms with Crippen LogP contribution in [0.15, 0.2) is 29.8 Å². The maximum absolute atomic E-state index is 13.3. The molecule has 3 rings (SSSR count). The highest BCUT2D eigenvalue weighted by Gasteiger charge is 2.45. The highest BCUT2D eigenvalue weighted by molar-refractivity contribution is 6.74. The van der Waals surface area contributed by atoms with E-state index < -0.39 is 13.9 Å². The van der Waals surface area contributed by atoms with Gasteiger partial charge in [-0.25, -0.2) is 9.59 Å². The van der Waals surface area contributed by atoms with Crippen LogP contribution in [-0.2, 0) is 25.1 Å². The van der Waals surface area contributed by atoms with Gasteiger partial charge in [-0.2, -0.15) is 0 Å². The molecule has 0 spiro atoms. The van der Waals surface area contributed by atoms with Crippen LogP contribution >= 0.6 is 0 Å². The number of fused-ring (bicyclic) bond motifs is 2. The Morgan fingerprint density at radius 2 is 1.66 bits per heavy atom. The molecule has 8 heteroatoms. The predicted molar refractivity (Wildman–Crippen MR) is 155 cm³/mol. The number of rotatable bonds is 7. The molecule has 2 aliphatic rings. The summed E-state index contributed by atoms with van der Waals surface area (Å²) in [5.74, 6) is -0.310. The molecule has 2 bridgehead atoms. The van der Waals surface area contributed by atoms with Gasteiger partial charge in [0.1, 0.15) is 5.60 Å². The van der Waals surface area contributed by atoms with Gasteiger partial charge in [0, 0.05) is 25.7 Å². The number of piperazine rings is 1. The first-order valence-corrected chi connectivity index (χ1v) is 16.8. The number of carbonyl (C=O) groups is 2. The third-order valence-corrected chi connectivity index (χ3v) is 12.6. The van der Waals surface area contributed by atoms with Crippen molar-refractivity contribution in [2.24, 2.45) is 0 Å². The number of carbonyl (C=O) groups excluding carboxylic acids is 2. The van der Waals surface area contributed by atoms with Crippen molar-refractivity contribution in [1.29, 1.82) is 0 Å². The van der Waals surface area contributed by atoms with Gasteiger partial charge in [-0.1, -0.05) is 45.0 Å². The monoisotopic (exact) mass is 544 g/mol. The van der Waals surface area contributed by atoms with Crippen LogP contribution in [0.1, 0.15) is 66.0 Å². The molecule has 0 aliphatic carbocycles. The van der Waals surface area contributed by atoms with Gasteiger partial charge in [-0.3, -0.25) is 4.90 Å². The first kappa shape index (κ1) is 30.4. The molecule has 38 heavy (non-hydrogen) atoms. The van der Waals surface area contributed by atoms with Crippen molar-refractivity contribution in [3.63, 3.8) is 0 Å². The summed E-state index contributed by atoms with van der Waals surface area (Å²) >= 11 is 0. The van der Waals surface area contributed by atoms with Crippen LogP contribution in [0.2, 0.25) is 18.1 Å². The van der Waals surface area contributed by atoms with E-state index in [9.17, 15) is 9.59 Å². The third-order valence-electron chi connectivity index (χ3n) is 8.10. The molecule has 0 saturated carbocycles. The fourth-order valence-corrected chi connectivity index (χ4v) is 5.88. The van der Waals surface area contributed by atoms with Crippen molar-refractivity contribution < 1.29 is 23.5 Å². The molecular formula is C30H48N2O5Si. The lowest BCUT2D eigenvalue weighted by molar-refractivity contribution is -0.140. The largest absolute Gasteiger partial charge is 0.463 e. The summed E-state index contributed by atoms with van der Waals surface area (Å²) in [5, 5.41) is 0.193. The molecule has 2 heterocycles. The van der Waals surface area contributed by atoms with Gasteiger partial charge in [0.25, 0.3) is 0 Å². The van der Waals surface area contributed by atoms with E-state index in [2.05, 4.69) is 63.0 Å². The smallest absolute Gasteiger partial charge is 0.410 e. The minimum atomic E-state index is -1.77. The van der Waals surface area contributed by atoms with E-state index in [1.807, 2.05) is 34.7 Å². The van der Waals surface area contributed by atoms with Crippen LogP contribution in [-0.4, -0.2) is 81.2 Å². The van der Waals surface area contributed by atoms with Crippen molar-refractivity contribution in [2.75, 3.05) is 33.4 Å². The average Bonchev–Trinajstić information content (AvgIpc) is 2.77. The number of ether oxygens (including phenoxy) is 2. The molecule has 1 amide bonds. The summed E-state index contributed by atoms with van der Waals surface area (Å²) in [6.45, 7) is 20.7. The zero-order valence-corrected chi connectivity index (χ0v) is 26.1. The second-order valence-corrected chi connectivity index (χ2v) is 17.9. The summed E-state index contributed by atoms with van der Waals surface area (Å²) in [7, 11) is 0.258. The molecule has 2 aliphatic heterocycles. The fraction of sp³-hybridized carbons (Fsp3) is 0.667. The molecule has 7 nitrogen and oxygen atoms in total. The van der Waals surface area contributed by atoms with Gasteiger partial charge >= 0.3 is 12.1 Å². The topological polar surface area (TPSA) is 68.3 Å². The van der Waals surface area contributed by atoms with Gasteiger partial charge in [0.05, 0.1) is 18.2 Å². The van der Waals surface area contributed by atoms with Crippen LogP contribution in [0.5, 0.6) is 0 Å². The SMILES string of the molecule is CCOC(=O)C1=C(c2ccc(CCO[Si](C)(C)C(C)(C)C)cc2)CC2CN(C(=O)OC(C)(C)C)CC1N2C. The van der Waals surface area contributed by atoms with Gasteiger partial charge in [0.15, 0.2) is 8.32 Å². The summed E-state index contributed by atoms with van der Waals surface area (Å²) in [6, 6.07) is 8.35. The molecule has 0 radical (unpaired) electrons. The molecule has 212 valence electrons. The number of hydrogen-bond acceptors (Lipinski definition) is 6. The Morgan fingerprint density at radius 3 is 2.21 bits per heavy atom. The Balaban J connectivity index is 1.84. The number of hydrogen-bond donors (Lipinski definition) is 0. The summed E-state index contributed by atoms with van der Waals surface area (Å²) in [4.78, 5) is 30.1. The van der Waals surface area contributed by atoms with E-state index in [0.29, 0.717) is 38.3 Å². The molecule has 1 saturated heterocycles. The molecule has 0 N–H and O–H groups in total. The number of benzene rings is 1. The Bertz CT molecular complexity index is 1040. The third kappa shape index (κ3) is 7.07. The van der Waals surface area contributed by atoms with Crippen LogP contribution in [0.4, 0.5) is 4.79 Å². The first-order valence-electron chi connectivity index (χ1n) is 13.9. The van der Waals surface area contributed by atoms with Gasteiger partial charge in [-0.05, 0) is 82.4 Å². The van der Waals surface area contributed by atoms with Crippen molar-refractivity contribution in [3.05, 3.63) is 41.0 Å². The summed E-state index contributed by atoms with van der Waals surface area (Å²) < 4.78 is 17.5. The lowest BCUT2D eigenvalue weighted by Gasteiger charge is -2.49. The normalized spacial score (nSPS) is 20.9. The molecule has 2 atom stereocenters. The molecule has 0 aromatic heterocycles. The quantitative estimate of drug-likeness (QED) is 0.315. The lowest BCUT2D eigenvalue weighted by atomic mass is 9.82. The molecule has 1 fully saturated rings. The van der Waals surface area contributed by atoms with Crippen molar-refractivity contribution in [1.82, 2.24) is 9.80 Å². The maximum Gasteiger partial charge on any atom is 0.410 e. The minimum Gasteiger partial charge on any atom is -0.463 e. The fourth-order valence-electron chi connectivity index (χ4n) is 4.83. The van der Waals surface area contributed by atoms with Gasteiger partial charge in [-0.15, -0.1) is 0 Å². The second-order valence-electron chi connectivity index (χ2n) is 13.1. The Kier molecular flexibility index (Phi) is 9.21. The Labute approximate surface area is 230 Å². The van der Waals surface area contributed by atoms with E-state index in [-0.39, 0.29) is 29.2 Å². The Hall–Kier alpha value is -2.16. The van der Waals surface area contributed by atoms with Crippen LogP contribution < -0.4 is 0 Å². The lowest BCUT2D eigenvalue weighted by Crippen LogP contribution is -2.62. The van der Waals surface area contributed by atoms with E-state index in [0.717, 1.165) is 17.6 Å². The van der Waals surface area contributed by atoms with Crippen LogP contribution in [0.3, 0.4) is 0 Å². The zero-order chi connectivity index (χ0) is 28.5. The summed E-state index contributed by atoms with van der Waals surface area (Å²) in [5.41, 5.74) is 3.35. The van der Waals surface area contributed by atoms with E-state index in [1.165, 1.54) is 5.56 Å². The van der Waals surface area contributed by atoms with Crippen molar-refractivity contribution in [2.45, 2.75) is 97.1 Å². The second kappa shape index (κ2) is 11.5. The highest BCUT2D eigenvalue weighted by Crippen LogP contribution is 2.39. The van der Waals surface area contributed by atoms with E-state index >= 15 is 0 Å². The first-order chi connectivity index (χ1) is 17.5. The average molecular weight is 545 g/mol. The molecule has 2 unspecified atom stereocenters. The van der Waals surface area contributed by atoms with Crippen LogP contribution in [0.25, 0.3) is 5.57 Å². The van der Waals surface area contributed by atoms with E-state index in [1.54, 1.807) is 4.90 Å². The number of nitrogens with zero attached hydrogens (tertiary/aromatic N) is 2. The predicted octanol–water partition coefficient (Wildman–Crippen LogP) is 5.89. The summed E-state index contributed by atoms with van der Waals surface area (Å²) in [6.07, 6.45) is 1.18. The standard InChI is InChI=1S/C30H48N2O5Si/c1-11-35-27(33)26-24(18-23-19-32(20-25(26)31(23)8)28(34)37-29(2,3)4)22-14-12-21(13-15-22)16-17-36-38(9,10)30(5,6)7/h12-15,23,25H,11,16-20H2,1-10H3. The van der Waals surface area contributed by atoms with Crippen molar-refractivity contribution in [3.8, 4) is 0 Å². The molecule has 1 aromatic rings. The number of esters is 1.